The van der Waals surface area contributed by atoms with Crippen LogP contribution >= 0.6 is 0 Å². The molecule has 0 radical (unpaired) electrons. The first kappa shape index (κ1) is 15.6. The third-order valence-electron chi connectivity index (χ3n) is 3.35. The summed E-state index contributed by atoms with van der Waals surface area (Å²) >= 11 is 0. The second-order valence-corrected chi connectivity index (χ2v) is 4.96. The third kappa shape index (κ3) is 3.22. The van der Waals surface area contributed by atoms with Crippen LogP contribution in [0.25, 0.3) is 10.9 Å². The number of carbonyl (C=O) groups excluding carboxylic acids is 2. The van der Waals surface area contributed by atoms with E-state index >= 15 is 0 Å². The minimum atomic E-state index is -0.557. The summed E-state index contributed by atoms with van der Waals surface area (Å²) in [5.74, 6) is -0.974. The fourth-order valence-corrected chi connectivity index (χ4v) is 2.27. The van der Waals surface area contributed by atoms with Gasteiger partial charge in [0.05, 0.1) is 17.8 Å². The first-order chi connectivity index (χ1) is 11.7. The molecule has 0 aliphatic rings. The van der Waals surface area contributed by atoms with Gasteiger partial charge in [-0.3, -0.25) is 9.78 Å². The van der Waals surface area contributed by atoms with Crippen LogP contribution in [0.3, 0.4) is 0 Å². The number of ether oxygens (including phenoxy) is 1. The van der Waals surface area contributed by atoms with Crippen molar-refractivity contribution in [3.8, 4) is 0 Å². The molecule has 1 N–H and O–H groups in total. The number of carbonyl (C=O) groups is 2. The molecule has 2 aromatic heterocycles. The Bertz CT molecular complexity index is 903. The van der Waals surface area contributed by atoms with Crippen LogP contribution in [0.5, 0.6) is 0 Å². The Balaban J connectivity index is 1.87. The molecule has 0 aliphatic carbocycles. The molecule has 120 valence electrons. The standard InChI is InChI=1S/C18H15N3O3/c1-2-24-18(23)15-10-4-9-14(20-15)17(22)21-13-8-3-6-12-7-5-11-19-16(12)13/h3-11H,2H2,1H3,(H,21,22). The molecule has 0 bridgehead atoms. The molecule has 1 amide bonds. The molecular formula is C18H15N3O3. The van der Waals surface area contributed by atoms with E-state index in [1.807, 2.05) is 24.3 Å². The number of esters is 1. The Morgan fingerprint density at radius 2 is 1.79 bits per heavy atom. The van der Waals surface area contributed by atoms with Gasteiger partial charge in [0.2, 0.25) is 0 Å². The molecule has 6 nitrogen and oxygen atoms in total. The highest BCUT2D eigenvalue weighted by Crippen LogP contribution is 2.21. The van der Waals surface area contributed by atoms with Gasteiger partial charge in [-0.15, -0.1) is 0 Å². The maximum atomic E-state index is 12.4. The fourth-order valence-electron chi connectivity index (χ4n) is 2.27. The summed E-state index contributed by atoms with van der Waals surface area (Å²) < 4.78 is 4.90. The maximum Gasteiger partial charge on any atom is 0.356 e. The molecular weight excluding hydrogens is 306 g/mol. The van der Waals surface area contributed by atoms with E-state index in [0.29, 0.717) is 11.2 Å². The van der Waals surface area contributed by atoms with Crippen LogP contribution in [-0.2, 0) is 4.74 Å². The van der Waals surface area contributed by atoms with E-state index in [1.54, 1.807) is 25.3 Å². The van der Waals surface area contributed by atoms with Crippen LogP contribution in [0.4, 0.5) is 5.69 Å². The SMILES string of the molecule is CCOC(=O)c1cccc(C(=O)Nc2cccc3cccnc23)n1. The van der Waals surface area contributed by atoms with Crippen molar-refractivity contribution in [2.75, 3.05) is 11.9 Å². The van der Waals surface area contributed by atoms with Crippen molar-refractivity contribution in [1.82, 2.24) is 9.97 Å². The zero-order valence-electron chi connectivity index (χ0n) is 13.0. The zero-order chi connectivity index (χ0) is 16.9. The predicted octanol–water partition coefficient (Wildman–Crippen LogP) is 3.06. The minimum absolute atomic E-state index is 0.0977. The molecule has 0 spiro atoms. The number of rotatable bonds is 4. The monoisotopic (exact) mass is 321 g/mol. The summed E-state index contributed by atoms with van der Waals surface area (Å²) in [5, 5.41) is 3.70. The van der Waals surface area contributed by atoms with Crippen molar-refractivity contribution in [2.45, 2.75) is 6.92 Å². The highest BCUT2D eigenvalue weighted by molar-refractivity contribution is 6.07. The Morgan fingerprint density at radius 3 is 2.62 bits per heavy atom. The number of hydrogen-bond donors (Lipinski definition) is 1. The van der Waals surface area contributed by atoms with E-state index in [9.17, 15) is 9.59 Å². The van der Waals surface area contributed by atoms with Crippen LogP contribution in [-0.4, -0.2) is 28.5 Å². The molecule has 0 unspecified atom stereocenters. The van der Waals surface area contributed by atoms with Crippen LogP contribution in [0.15, 0.2) is 54.7 Å². The predicted molar refractivity (Wildman–Crippen MR) is 89.9 cm³/mol. The van der Waals surface area contributed by atoms with Crippen molar-refractivity contribution in [3.05, 3.63) is 66.1 Å². The van der Waals surface area contributed by atoms with Crippen LogP contribution in [0.1, 0.15) is 27.9 Å². The summed E-state index contributed by atoms with van der Waals surface area (Å²) in [6.07, 6.45) is 1.66. The molecule has 3 rings (SSSR count). The lowest BCUT2D eigenvalue weighted by Gasteiger charge is -2.08. The number of fused-ring (bicyclic) bond motifs is 1. The normalized spacial score (nSPS) is 10.4. The lowest BCUT2D eigenvalue weighted by atomic mass is 10.2. The number of nitrogens with zero attached hydrogens (tertiary/aromatic N) is 2. The number of aromatic nitrogens is 2. The molecule has 24 heavy (non-hydrogen) atoms. The average molecular weight is 321 g/mol. The molecule has 1 aromatic carbocycles. The number of nitrogens with one attached hydrogen (secondary N) is 1. The molecule has 6 heteroatoms. The molecule has 0 saturated carbocycles. The average Bonchev–Trinajstić information content (AvgIpc) is 2.62. The first-order valence-corrected chi connectivity index (χ1v) is 7.48. The van der Waals surface area contributed by atoms with E-state index in [0.717, 1.165) is 5.39 Å². The van der Waals surface area contributed by atoms with Crippen molar-refractivity contribution >= 4 is 28.5 Å². The van der Waals surface area contributed by atoms with E-state index in [-0.39, 0.29) is 18.0 Å². The lowest BCUT2D eigenvalue weighted by Crippen LogP contribution is -2.16. The quantitative estimate of drug-likeness (QED) is 0.747. The van der Waals surface area contributed by atoms with Gasteiger partial charge in [-0.25, -0.2) is 9.78 Å². The van der Waals surface area contributed by atoms with Crippen molar-refractivity contribution < 1.29 is 14.3 Å². The zero-order valence-corrected chi connectivity index (χ0v) is 13.0. The Hall–Kier alpha value is -3.28. The van der Waals surface area contributed by atoms with Crippen LogP contribution in [0.2, 0.25) is 0 Å². The fraction of sp³-hybridized carbons (Fsp3) is 0.111. The van der Waals surface area contributed by atoms with Gasteiger partial charge < -0.3 is 10.1 Å². The molecule has 3 aromatic rings. The Labute approximate surface area is 138 Å². The van der Waals surface area contributed by atoms with Gasteiger partial charge >= 0.3 is 5.97 Å². The van der Waals surface area contributed by atoms with Crippen molar-refractivity contribution in [2.24, 2.45) is 0 Å². The van der Waals surface area contributed by atoms with Gasteiger partial charge in [0.1, 0.15) is 11.4 Å². The smallest absolute Gasteiger partial charge is 0.356 e. The largest absolute Gasteiger partial charge is 0.461 e. The third-order valence-corrected chi connectivity index (χ3v) is 3.35. The minimum Gasteiger partial charge on any atom is -0.461 e. The molecule has 0 atom stereocenters. The summed E-state index contributed by atoms with van der Waals surface area (Å²) in [4.78, 5) is 32.5. The highest BCUT2D eigenvalue weighted by atomic mass is 16.5. The van der Waals surface area contributed by atoms with Crippen LogP contribution < -0.4 is 5.32 Å². The molecule has 0 saturated heterocycles. The number of hydrogen-bond acceptors (Lipinski definition) is 5. The van der Waals surface area contributed by atoms with Crippen molar-refractivity contribution in [1.29, 1.82) is 0 Å². The Morgan fingerprint density at radius 1 is 1.04 bits per heavy atom. The van der Waals surface area contributed by atoms with Gasteiger partial charge in [0.15, 0.2) is 0 Å². The number of benzene rings is 1. The summed E-state index contributed by atoms with van der Waals surface area (Å²) in [6.45, 7) is 1.96. The summed E-state index contributed by atoms with van der Waals surface area (Å²) in [5.41, 5.74) is 1.50. The number of pyridine rings is 2. The summed E-state index contributed by atoms with van der Waals surface area (Å²) in [7, 11) is 0. The molecule has 0 aliphatic heterocycles. The van der Waals surface area contributed by atoms with Gasteiger partial charge in [-0.05, 0) is 31.2 Å². The van der Waals surface area contributed by atoms with Gasteiger partial charge in [0.25, 0.3) is 5.91 Å². The highest BCUT2D eigenvalue weighted by Gasteiger charge is 2.14. The van der Waals surface area contributed by atoms with Gasteiger partial charge in [0, 0.05) is 11.6 Å². The van der Waals surface area contributed by atoms with E-state index in [1.165, 1.54) is 12.1 Å². The molecule has 2 heterocycles. The second kappa shape index (κ2) is 6.87. The first-order valence-electron chi connectivity index (χ1n) is 7.48. The topological polar surface area (TPSA) is 81.2 Å². The van der Waals surface area contributed by atoms with Gasteiger partial charge in [-0.1, -0.05) is 24.3 Å². The Kier molecular flexibility index (Phi) is 4.47. The second-order valence-electron chi connectivity index (χ2n) is 4.96. The number of para-hydroxylation sites is 1. The molecule has 0 fully saturated rings. The van der Waals surface area contributed by atoms with E-state index in [4.69, 9.17) is 4.74 Å². The van der Waals surface area contributed by atoms with E-state index < -0.39 is 11.9 Å². The maximum absolute atomic E-state index is 12.4. The van der Waals surface area contributed by atoms with Crippen LogP contribution in [0, 0.1) is 0 Å². The van der Waals surface area contributed by atoms with Gasteiger partial charge in [-0.2, -0.15) is 0 Å². The summed E-state index contributed by atoms with van der Waals surface area (Å²) in [6, 6.07) is 13.9. The van der Waals surface area contributed by atoms with E-state index in [2.05, 4.69) is 15.3 Å². The van der Waals surface area contributed by atoms with Crippen molar-refractivity contribution in [3.63, 3.8) is 0 Å². The number of amides is 1. The lowest BCUT2D eigenvalue weighted by molar-refractivity contribution is 0.0519. The number of anilines is 1.